The molecule has 0 spiro atoms. The van der Waals surface area contributed by atoms with Gasteiger partial charge in [0, 0.05) is 19.1 Å². The Morgan fingerprint density at radius 1 is 1.30 bits per heavy atom. The molecule has 6 heteroatoms. The quantitative estimate of drug-likeness (QED) is 0.924. The molecule has 0 amide bonds. The first-order valence-electron chi connectivity index (χ1n) is 6.84. The van der Waals surface area contributed by atoms with Crippen molar-refractivity contribution in [1.82, 2.24) is 9.62 Å². The molecule has 1 unspecified atom stereocenters. The van der Waals surface area contributed by atoms with Gasteiger partial charge in [-0.1, -0.05) is 19.1 Å². The van der Waals surface area contributed by atoms with Crippen molar-refractivity contribution in [2.45, 2.75) is 37.1 Å². The molecule has 0 aliphatic carbocycles. The number of hydrogen-bond acceptors (Lipinski definition) is 3. The fourth-order valence-corrected chi connectivity index (χ4v) is 3.97. The smallest absolute Gasteiger partial charge is 0.243 e. The number of hydrogen-bond donors (Lipinski definition) is 1. The molecule has 1 N–H and O–H groups in total. The van der Waals surface area contributed by atoms with Crippen molar-refractivity contribution >= 4 is 22.4 Å². The van der Waals surface area contributed by atoms with E-state index < -0.39 is 10.0 Å². The van der Waals surface area contributed by atoms with Gasteiger partial charge >= 0.3 is 0 Å². The van der Waals surface area contributed by atoms with Gasteiger partial charge < -0.3 is 5.32 Å². The molecule has 1 saturated heterocycles. The molecule has 4 nitrogen and oxygen atoms in total. The monoisotopic (exact) mass is 318 g/mol. The van der Waals surface area contributed by atoms with Crippen LogP contribution in [0.3, 0.4) is 0 Å². The fourth-order valence-electron chi connectivity index (χ4n) is 2.44. The van der Waals surface area contributed by atoms with Crippen molar-refractivity contribution in [3.63, 3.8) is 0 Å². The molecular formula is C14H23ClN2O2S. The molecule has 0 radical (unpaired) electrons. The van der Waals surface area contributed by atoms with E-state index in [1.54, 1.807) is 16.4 Å². The van der Waals surface area contributed by atoms with E-state index in [0.717, 1.165) is 24.8 Å². The van der Waals surface area contributed by atoms with Crippen LogP contribution in [0, 0.1) is 0 Å². The molecule has 1 aromatic rings. The minimum atomic E-state index is -3.34. The zero-order valence-electron chi connectivity index (χ0n) is 12.0. The lowest BCUT2D eigenvalue weighted by atomic mass is 10.1. The fraction of sp³-hybridized carbons (Fsp3) is 0.571. The Labute approximate surface area is 128 Å². The van der Waals surface area contributed by atoms with Crippen LogP contribution in [0.25, 0.3) is 0 Å². The van der Waals surface area contributed by atoms with Crippen LogP contribution in [0.4, 0.5) is 0 Å². The number of benzene rings is 1. The van der Waals surface area contributed by atoms with E-state index in [2.05, 4.69) is 12.2 Å². The Morgan fingerprint density at radius 3 is 2.50 bits per heavy atom. The second-order valence-electron chi connectivity index (χ2n) is 4.99. The molecule has 1 atom stereocenters. The lowest BCUT2D eigenvalue weighted by Crippen LogP contribution is -2.46. The van der Waals surface area contributed by atoms with E-state index in [9.17, 15) is 8.42 Å². The van der Waals surface area contributed by atoms with E-state index in [1.165, 1.54) is 0 Å². The van der Waals surface area contributed by atoms with Crippen molar-refractivity contribution < 1.29 is 8.42 Å². The molecule has 20 heavy (non-hydrogen) atoms. The number of sulfonamides is 1. The van der Waals surface area contributed by atoms with Crippen molar-refractivity contribution in [2.24, 2.45) is 0 Å². The van der Waals surface area contributed by atoms with Crippen LogP contribution in [-0.4, -0.2) is 38.9 Å². The van der Waals surface area contributed by atoms with Gasteiger partial charge in [-0.2, -0.15) is 4.31 Å². The maximum atomic E-state index is 12.5. The number of rotatable bonds is 4. The van der Waals surface area contributed by atoms with Gasteiger partial charge in [0.15, 0.2) is 0 Å². The summed E-state index contributed by atoms with van der Waals surface area (Å²) < 4.78 is 26.7. The van der Waals surface area contributed by atoms with E-state index >= 15 is 0 Å². The van der Waals surface area contributed by atoms with Gasteiger partial charge in [0.05, 0.1) is 4.90 Å². The summed E-state index contributed by atoms with van der Waals surface area (Å²) in [4.78, 5) is 0.404. The van der Waals surface area contributed by atoms with Crippen LogP contribution in [-0.2, 0) is 16.4 Å². The maximum absolute atomic E-state index is 12.5. The Bertz CT molecular complexity index is 516. The third-order valence-corrected chi connectivity index (χ3v) is 5.64. The van der Waals surface area contributed by atoms with Gasteiger partial charge in [-0.25, -0.2) is 8.42 Å². The average Bonchev–Trinajstić information content (AvgIpc) is 2.47. The van der Waals surface area contributed by atoms with Gasteiger partial charge in [-0.05, 0) is 44.0 Å². The average molecular weight is 319 g/mol. The summed E-state index contributed by atoms with van der Waals surface area (Å²) in [6.45, 7) is 3.25. The molecule has 0 aromatic heterocycles. The summed E-state index contributed by atoms with van der Waals surface area (Å²) in [6, 6.07) is 7.49. The standard InChI is InChI=1S/C14H22N2O2S.ClH/c1-3-12-6-8-14(9-7-12)19(17,18)16-10-4-5-13(11-16)15-2;/h6-9,13,15H,3-5,10-11H2,1-2H3;1H. The summed E-state index contributed by atoms with van der Waals surface area (Å²) in [7, 11) is -1.45. The number of likely N-dealkylation sites (N-methyl/N-ethyl adjacent to an activating group) is 1. The van der Waals surface area contributed by atoms with E-state index in [-0.39, 0.29) is 18.4 Å². The molecule has 1 aliphatic rings. The van der Waals surface area contributed by atoms with E-state index in [1.807, 2.05) is 19.2 Å². The third kappa shape index (κ3) is 3.73. The minimum absolute atomic E-state index is 0. The second kappa shape index (κ2) is 7.41. The topological polar surface area (TPSA) is 49.4 Å². The SMILES string of the molecule is CCc1ccc(S(=O)(=O)N2CCCC(NC)C2)cc1.Cl. The first-order chi connectivity index (χ1) is 9.07. The van der Waals surface area contributed by atoms with Crippen LogP contribution >= 0.6 is 12.4 Å². The number of nitrogens with one attached hydrogen (secondary N) is 1. The van der Waals surface area contributed by atoms with E-state index in [0.29, 0.717) is 18.0 Å². The number of nitrogens with zero attached hydrogens (tertiary/aromatic N) is 1. The first kappa shape index (κ1) is 17.4. The van der Waals surface area contributed by atoms with Crippen molar-refractivity contribution in [2.75, 3.05) is 20.1 Å². The van der Waals surface area contributed by atoms with Gasteiger partial charge in [0.2, 0.25) is 10.0 Å². The van der Waals surface area contributed by atoms with E-state index in [4.69, 9.17) is 0 Å². The van der Waals surface area contributed by atoms with Gasteiger partial charge in [-0.3, -0.25) is 0 Å². The Balaban J connectivity index is 0.00000200. The summed E-state index contributed by atoms with van der Waals surface area (Å²) in [5.74, 6) is 0. The van der Waals surface area contributed by atoms with Crippen molar-refractivity contribution in [1.29, 1.82) is 0 Å². The summed E-state index contributed by atoms with van der Waals surface area (Å²) in [6.07, 6.45) is 2.88. The predicted molar refractivity (Wildman–Crippen MR) is 83.9 cm³/mol. The normalized spacial score (nSPS) is 20.4. The summed E-state index contributed by atoms with van der Waals surface area (Å²) in [5.41, 5.74) is 1.16. The minimum Gasteiger partial charge on any atom is -0.316 e. The first-order valence-corrected chi connectivity index (χ1v) is 8.28. The van der Waals surface area contributed by atoms with Crippen LogP contribution in [0.5, 0.6) is 0 Å². The molecule has 0 bridgehead atoms. The van der Waals surface area contributed by atoms with Crippen molar-refractivity contribution in [3.8, 4) is 0 Å². The highest BCUT2D eigenvalue weighted by atomic mass is 35.5. The largest absolute Gasteiger partial charge is 0.316 e. The zero-order valence-corrected chi connectivity index (χ0v) is 13.6. The highest BCUT2D eigenvalue weighted by Crippen LogP contribution is 2.21. The van der Waals surface area contributed by atoms with Gasteiger partial charge in [-0.15, -0.1) is 12.4 Å². The van der Waals surface area contributed by atoms with Crippen LogP contribution in [0.15, 0.2) is 29.2 Å². The number of halogens is 1. The molecular weight excluding hydrogens is 296 g/mol. The molecule has 1 heterocycles. The van der Waals surface area contributed by atoms with Crippen LogP contribution < -0.4 is 5.32 Å². The Kier molecular flexibility index (Phi) is 6.45. The Morgan fingerprint density at radius 2 is 1.95 bits per heavy atom. The Hall–Kier alpha value is -0.620. The number of aryl methyl sites for hydroxylation is 1. The molecule has 1 aliphatic heterocycles. The zero-order chi connectivity index (χ0) is 13.9. The highest BCUT2D eigenvalue weighted by molar-refractivity contribution is 7.89. The van der Waals surface area contributed by atoms with Gasteiger partial charge in [0.1, 0.15) is 0 Å². The highest BCUT2D eigenvalue weighted by Gasteiger charge is 2.29. The molecule has 1 aromatic carbocycles. The van der Waals surface area contributed by atoms with Gasteiger partial charge in [0.25, 0.3) is 0 Å². The van der Waals surface area contributed by atoms with Crippen LogP contribution in [0.1, 0.15) is 25.3 Å². The third-order valence-electron chi connectivity index (χ3n) is 3.76. The second-order valence-corrected chi connectivity index (χ2v) is 6.93. The lowest BCUT2D eigenvalue weighted by molar-refractivity contribution is 0.293. The molecule has 1 fully saturated rings. The maximum Gasteiger partial charge on any atom is 0.243 e. The summed E-state index contributed by atoms with van der Waals surface area (Å²) >= 11 is 0. The molecule has 2 rings (SSSR count). The molecule has 0 saturated carbocycles. The molecule has 114 valence electrons. The van der Waals surface area contributed by atoms with Crippen LogP contribution in [0.2, 0.25) is 0 Å². The number of piperidine rings is 1. The predicted octanol–water partition coefficient (Wildman–Crippen LogP) is 2.04. The summed E-state index contributed by atoms with van der Waals surface area (Å²) in [5, 5.41) is 3.17. The lowest BCUT2D eigenvalue weighted by Gasteiger charge is -2.31. The van der Waals surface area contributed by atoms with Crippen molar-refractivity contribution in [3.05, 3.63) is 29.8 Å².